The lowest BCUT2D eigenvalue weighted by atomic mass is 10.2. The summed E-state index contributed by atoms with van der Waals surface area (Å²) >= 11 is 5.00. The van der Waals surface area contributed by atoms with Crippen molar-refractivity contribution in [2.75, 3.05) is 26.2 Å². The Bertz CT molecular complexity index is 457. The van der Waals surface area contributed by atoms with Crippen molar-refractivity contribution in [3.05, 3.63) is 30.1 Å². The van der Waals surface area contributed by atoms with E-state index in [1.54, 1.807) is 24.5 Å². The van der Waals surface area contributed by atoms with Gasteiger partial charge in [-0.25, -0.2) is 0 Å². The Morgan fingerprint density at radius 1 is 1.42 bits per heavy atom. The van der Waals surface area contributed by atoms with E-state index in [4.69, 9.17) is 18.0 Å². The first-order valence-corrected chi connectivity index (χ1v) is 6.73. The summed E-state index contributed by atoms with van der Waals surface area (Å²) in [4.78, 5) is 20.8. The van der Waals surface area contributed by atoms with Crippen LogP contribution in [0.4, 0.5) is 0 Å². The molecule has 0 aromatic carbocycles. The van der Waals surface area contributed by atoms with Gasteiger partial charge >= 0.3 is 0 Å². The van der Waals surface area contributed by atoms with Gasteiger partial charge in [0, 0.05) is 38.6 Å². The van der Waals surface area contributed by atoms with Crippen molar-refractivity contribution in [3.8, 4) is 0 Å². The zero-order chi connectivity index (χ0) is 13.8. The molecular weight excluding hydrogens is 260 g/mol. The third kappa shape index (κ3) is 3.27. The highest BCUT2D eigenvalue weighted by Crippen LogP contribution is 2.10. The minimum Gasteiger partial charge on any atom is -0.392 e. The molecule has 102 valence electrons. The first-order valence-electron chi connectivity index (χ1n) is 6.32. The molecular formula is C13H18N4OS. The number of nitrogens with two attached hydrogens (primary N) is 1. The van der Waals surface area contributed by atoms with Crippen LogP contribution < -0.4 is 5.73 Å². The van der Waals surface area contributed by atoms with E-state index >= 15 is 0 Å². The molecule has 5 nitrogen and oxygen atoms in total. The van der Waals surface area contributed by atoms with Crippen molar-refractivity contribution in [1.29, 1.82) is 0 Å². The molecule has 0 saturated carbocycles. The first kappa shape index (κ1) is 13.9. The number of pyridine rings is 1. The van der Waals surface area contributed by atoms with Crippen molar-refractivity contribution in [2.24, 2.45) is 5.73 Å². The van der Waals surface area contributed by atoms with E-state index in [2.05, 4.69) is 9.88 Å². The number of hydrogen-bond donors (Lipinski definition) is 1. The predicted molar refractivity (Wildman–Crippen MR) is 78.0 cm³/mol. The van der Waals surface area contributed by atoms with Gasteiger partial charge in [0.25, 0.3) is 5.91 Å². The molecule has 0 radical (unpaired) electrons. The maximum atomic E-state index is 12.2. The van der Waals surface area contributed by atoms with Crippen molar-refractivity contribution >= 4 is 23.1 Å². The molecule has 19 heavy (non-hydrogen) atoms. The molecule has 6 heteroatoms. The molecule has 1 aromatic rings. The number of piperazine rings is 1. The molecule has 1 atom stereocenters. The number of hydrogen-bond acceptors (Lipinski definition) is 4. The van der Waals surface area contributed by atoms with Gasteiger partial charge in [0.05, 0.1) is 16.6 Å². The average Bonchev–Trinajstić information content (AvgIpc) is 2.46. The third-order valence-corrected chi connectivity index (χ3v) is 3.81. The van der Waals surface area contributed by atoms with Crippen LogP contribution in [0.15, 0.2) is 24.5 Å². The summed E-state index contributed by atoms with van der Waals surface area (Å²) in [5, 5.41) is 0. The van der Waals surface area contributed by atoms with Crippen LogP contribution in [0.1, 0.15) is 17.3 Å². The predicted octanol–water partition coefficient (Wildman–Crippen LogP) is 0.514. The minimum atomic E-state index is 0.0377. The van der Waals surface area contributed by atoms with Crippen LogP contribution >= 0.6 is 12.2 Å². The Morgan fingerprint density at radius 2 is 2.11 bits per heavy atom. The number of amides is 1. The molecule has 1 saturated heterocycles. The molecule has 2 rings (SSSR count). The standard InChI is InChI=1S/C13H18N4OS/c1-10(12(14)19)16-5-7-17(8-6-16)13(18)11-3-2-4-15-9-11/h2-4,9-10H,5-8H2,1H3,(H2,14,19). The molecule has 2 N–H and O–H groups in total. The van der Waals surface area contributed by atoms with E-state index in [0.717, 1.165) is 13.1 Å². The molecule has 0 aliphatic carbocycles. The van der Waals surface area contributed by atoms with Crippen molar-refractivity contribution in [2.45, 2.75) is 13.0 Å². The molecule has 1 aromatic heterocycles. The van der Waals surface area contributed by atoms with Crippen LogP contribution in [0, 0.1) is 0 Å². The van der Waals surface area contributed by atoms with Gasteiger partial charge < -0.3 is 10.6 Å². The summed E-state index contributed by atoms with van der Waals surface area (Å²) < 4.78 is 0. The van der Waals surface area contributed by atoms with Crippen LogP contribution in [-0.4, -0.2) is 57.9 Å². The van der Waals surface area contributed by atoms with Gasteiger partial charge in [0.15, 0.2) is 0 Å². The Labute approximate surface area is 118 Å². The second-order valence-electron chi connectivity index (χ2n) is 4.65. The van der Waals surface area contributed by atoms with E-state index in [9.17, 15) is 4.79 Å². The van der Waals surface area contributed by atoms with Gasteiger partial charge in [-0.15, -0.1) is 0 Å². The van der Waals surface area contributed by atoms with Crippen molar-refractivity contribution < 1.29 is 4.79 Å². The summed E-state index contributed by atoms with van der Waals surface area (Å²) in [6.07, 6.45) is 3.27. The smallest absolute Gasteiger partial charge is 0.255 e. The van der Waals surface area contributed by atoms with Crippen LogP contribution in [0.5, 0.6) is 0 Å². The van der Waals surface area contributed by atoms with E-state index < -0.39 is 0 Å². The highest BCUT2D eigenvalue weighted by Gasteiger charge is 2.25. The molecule has 1 aliphatic rings. The lowest BCUT2D eigenvalue weighted by Crippen LogP contribution is -2.53. The zero-order valence-electron chi connectivity index (χ0n) is 11.0. The molecule has 2 heterocycles. The highest BCUT2D eigenvalue weighted by molar-refractivity contribution is 7.80. The van der Waals surface area contributed by atoms with Crippen LogP contribution in [-0.2, 0) is 0 Å². The summed E-state index contributed by atoms with van der Waals surface area (Å²) in [7, 11) is 0. The van der Waals surface area contributed by atoms with Gasteiger partial charge in [-0.1, -0.05) is 12.2 Å². The fraction of sp³-hybridized carbons (Fsp3) is 0.462. The van der Waals surface area contributed by atoms with E-state index in [0.29, 0.717) is 23.6 Å². The molecule has 0 bridgehead atoms. The number of thiocarbonyl (C=S) groups is 1. The molecule has 1 aliphatic heterocycles. The number of rotatable bonds is 3. The zero-order valence-corrected chi connectivity index (χ0v) is 11.8. The Morgan fingerprint density at radius 3 is 2.63 bits per heavy atom. The van der Waals surface area contributed by atoms with E-state index in [1.165, 1.54) is 0 Å². The highest BCUT2D eigenvalue weighted by atomic mass is 32.1. The Hall–Kier alpha value is -1.53. The third-order valence-electron chi connectivity index (χ3n) is 3.47. The maximum Gasteiger partial charge on any atom is 0.255 e. The lowest BCUT2D eigenvalue weighted by Gasteiger charge is -2.37. The van der Waals surface area contributed by atoms with Crippen LogP contribution in [0.2, 0.25) is 0 Å². The van der Waals surface area contributed by atoms with Crippen molar-refractivity contribution in [1.82, 2.24) is 14.8 Å². The SMILES string of the molecule is CC(C(N)=S)N1CCN(C(=O)c2cccnc2)CC1. The summed E-state index contributed by atoms with van der Waals surface area (Å²) in [6, 6.07) is 3.66. The first-order chi connectivity index (χ1) is 9.09. The fourth-order valence-corrected chi connectivity index (χ4v) is 2.31. The Balaban J connectivity index is 1.93. The summed E-state index contributed by atoms with van der Waals surface area (Å²) in [5.74, 6) is 0.0377. The van der Waals surface area contributed by atoms with Gasteiger partial charge in [0.1, 0.15) is 0 Å². The summed E-state index contributed by atoms with van der Waals surface area (Å²) in [5.41, 5.74) is 6.29. The maximum absolute atomic E-state index is 12.2. The van der Waals surface area contributed by atoms with Gasteiger partial charge in [-0.2, -0.15) is 0 Å². The number of aromatic nitrogens is 1. The topological polar surface area (TPSA) is 62.5 Å². The molecule has 1 fully saturated rings. The van der Waals surface area contributed by atoms with E-state index in [1.807, 2.05) is 11.8 Å². The van der Waals surface area contributed by atoms with Crippen LogP contribution in [0.3, 0.4) is 0 Å². The summed E-state index contributed by atoms with van der Waals surface area (Å²) in [6.45, 7) is 4.98. The normalized spacial score (nSPS) is 18.1. The van der Waals surface area contributed by atoms with Crippen molar-refractivity contribution in [3.63, 3.8) is 0 Å². The second kappa shape index (κ2) is 6.08. The molecule has 1 amide bonds. The lowest BCUT2D eigenvalue weighted by molar-refractivity contribution is 0.0621. The number of carbonyl (C=O) groups excluding carboxylic acids is 1. The van der Waals surface area contributed by atoms with Crippen LogP contribution in [0.25, 0.3) is 0 Å². The second-order valence-corrected chi connectivity index (χ2v) is 5.12. The van der Waals surface area contributed by atoms with Gasteiger partial charge in [-0.05, 0) is 19.1 Å². The number of nitrogens with zero attached hydrogens (tertiary/aromatic N) is 3. The quantitative estimate of drug-likeness (QED) is 0.817. The number of carbonyl (C=O) groups is 1. The fourth-order valence-electron chi connectivity index (χ4n) is 2.16. The molecule has 1 unspecified atom stereocenters. The Kier molecular flexibility index (Phi) is 4.44. The van der Waals surface area contributed by atoms with Gasteiger partial charge in [-0.3, -0.25) is 14.7 Å². The monoisotopic (exact) mass is 278 g/mol. The largest absolute Gasteiger partial charge is 0.392 e. The molecule has 0 spiro atoms. The minimum absolute atomic E-state index is 0.0377. The van der Waals surface area contributed by atoms with Gasteiger partial charge in [0.2, 0.25) is 0 Å². The average molecular weight is 278 g/mol. The van der Waals surface area contributed by atoms with E-state index in [-0.39, 0.29) is 11.9 Å².